The third-order valence-electron chi connectivity index (χ3n) is 5.45. The third kappa shape index (κ3) is 4.28. The molecule has 3 rings (SSSR count). The molecule has 0 radical (unpaired) electrons. The van der Waals surface area contributed by atoms with Gasteiger partial charge < -0.3 is 15.1 Å². The van der Waals surface area contributed by atoms with Crippen LogP contribution in [-0.4, -0.2) is 55.6 Å². The molecule has 1 aromatic heterocycles. The molecule has 0 unspecified atom stereocenters. The molecule has 5 nitrogen and oxygen atoms in total. The minimum Gasteiger partial charge on any atom is -0.348 e. The number of nitrogens with zero attached hydrogens (tertiary/aromatic N) is 3. The van der Waals surface area contributed by atoms with Crippen LogP contribution in [0, 0.1) is 18.8 Å². The van der Waals surface area contributed by atoms with Crippen LogP contribution in [0.3, 0.4) is 0 Å². The van der Waals surface area contributed by atoms with E-state index in [1.807, 2.05) is 14.0 Å². The lowest BCUT2D eigenvalue weighted by Gasteiger charge is -2.37. The molecule has 24 heavy (non-hydrogen) atoms. The molecular weight excluding hydrogens is 320 g/mol. The summed E-state index contributed by atoms with van der Waals surface area (Å²) >= 11 is 1.71. The predicted molar refractivity (Wildman–Crippen MR) is 99.6 cm³/mol. The molecule has 0 bridgehead atoms. The summed E-state index contributed by atoms with van der Waals surface area (Å²) in [6.07, 6.45) is 5.52. The topological polar surface area (TPSA) is 48.5 Å². The fraction of sp³-hybridized carbons (Fsp3) is 0.778. The molecule has 0 atom stereocenters. The highest BCUT2D eigenvalue weighted by molar-refractivity contribution is 7.13. The van der Waals surface area contributed by atoms with Crippen LogP contribution >= 0.6 is 11.3 Å². The van der Waals surface area contributed by atoms with Gasteiger partial charge in [0.1, 0.15) is 0 Å². The molecule has 0 saturated carbocycles. The number of carbonyl (C=O) groups excluding carboxylic acids is 1. The van der Waals surface area contributed by atoms with E-state index in [-0.39, 0.29) is 5.92 Å². The standard InChI is InChI=1S/C18H30N4OS/c1-14-13-24-18(20-14)22-11-6-16(7-12-22)17(23)21-9-4-15(5-10-21)3-8-19-2/h13,15-16,19H,3-12H2,1-2H3. The summed E-state index contributed by atoms with van der Waals surface area (Å²) in [5.41, 5.74) is 1.09. The van der Waals surface area contributed by atoms with Crippen molar-refractivity contribution >= 4 is 22.4 Å². The number of aromatic nitrogens is 1. The highest BCUT2D eigenvalue weighted by Gasteiger charge is 2.31. The highest BCUT2D eigenvalue weighted by Crippen LogP contribution is 2.28. The molecule has 0 aliphatic carbocycles. The molecule has 1 amide bonds. The zero-order valence-electron chi connectivity index (χ0n) is 15.0. The number of thiazole rings is 1. The summed E-state index contributed by atoms with van der Waals surface area (Å²) in [6.45, 7) is 6.96. The van der Waals surface area contributed by atoms with Gasteiger partial charge in [0.15, 0.2) is 5.13 Å². The van der Waals surface area contributed by atoms with Gasteiger partial charge in [0.05, 0.1) is 5.69 Å². The van der Waals surface area contributed by atoms with Gasteiger partial charge in [-0.25, -0.2) is 4.98 Å². The zero-order valence-corrected chi connectivity index (χ0v) is 15.8. The summed E-state index contributed by atoms with van der Waals surface area (Å²) in [7, 11) is 2.01. The minimum absolute atomic E-state index is 0.219. The van der Waals surface area contributed by atoms with Gasteiger partial charge in [0.25, 0.3) is 0 Å². The van der Waals surface area contributed by atoms with Crippen LogP contribution in [0.25, 0.3) is 0 Å². The Labute approximate surface area is 149 Å². The number of piperidine rings is 2. The lowest BCUT2D eigenvalue weighted by atomic mass is 9.90. The minimum atomic E-state index is 0.219. The van der Waals surface area contributed by atoms with Gasteiger partial charge >= 0.3 is 0 Å². The highest BCUT2D eigenvalue weighted by atomic mass is 32.1. The first-order valence-corrected chi connectivity index (χ1v) is 10.2. The van der Waals surface area contributed by atoms with E-state index in [2.05, 4.69) is 25.5 Å². The van der Waals surface area contributed by atoms with Crippen molar-refractivity contribution in [3.05, 3.63) is 11.1 Å². The number of rotatable bonds is 5. The number of carbonyl (C=O) groups is 1. The van der Waals surface area contributed by atoms with E-state index in [0.717, 1.165) is 62.3 Å². The van der Waals surface area contributed by atoms with E-state index < -0.39 is 0 Å². The zero-order chi connectivity index (χ0) is 16.9. The summed E-state index contributed by atoms with van der Waals surface area (Å²) < 4.78 is 0. The number of hydrogen-bond acceptors (Lipinski definition) is 5. The van der Waals surface area contributed by atoms with E-state index in [4.69, 9.17) is 0 Å². The van der Waals surface area contributed by atoms with Gasteiger partial charge in [-0.05, 0) is 58.5 Å². The second-order valence-electron chi connectivity index (χ2n) is 7.19. The smallest absolute Gasteiger partial charge is 0.225 e. The molecule has 0 spiro atoms. The van der Waals surface area contributed by atoms with Crippen LogP contribution in [0.5, 0.6) is 0 Å². The van der Waals surface area contributed by atoms with Gasteiger partial charge in [-0.15, -0.1) is 11.3 Å². The number of hydrogen-bond donors (Lipinski definition) is 1. The van der Waals surface area contributed by atoms with Crippen LogP contribution in [0.2, 0.25) is 0 Å². The number of nitrogens with one attached hydrogen (secondary N) is 1. The monoisotopic (exact) mass is 350 g/mol. The molecule has 2 aliphatic heterocycles. The second-order valence-corrected chi connectivity index (χ2v) is 8.03. The van der Waals surface area contributed by atoms with Crippen LogP contribution in [-0.2, 0) is 4.79 Å². The Bertz CT molecular complexity index is 531. The average Bonchev–Trinajstić information content (AvgIpc) is 3.06. The maximum absolute atomic E-state index is 12.8. The first-order chi connectivity index (χ1) is 11.7. The van der Waals surface area contributed by atoms with Crippen molar-refractivity contribution in [2.75, 3.05) is 44.7 Å². The van der Waals surface area contributed by atoms with Crippen LogP contribution in [0.1, 0.15) is 37.8 Å². The van der Waals surface area contributed by atoms with Crippen molar-refractivity contribution in [3.63, 3.8) is 0 Å². The summed E-state index contributed by atoms with van der Waals surface area (Å²) in [5.74, 6) is 1.41. The Balaban J connectivity index is 1.44. The molecule has 1 N–H and O–H groups in total. The molecule has 6 heteroatoms. The van der Waals surface area contributed by atoms with Crippen molar-refractivity contribution in [1.82, 2.24) is 15.2 Å². The van der Waals surface area contributed by atoms with Gasteiger partial charge in [0.2, 0.25) is 5.91 Å². The van der Waals surface area contributed by atoms with Crippen LogP contribution in [0.4, 0.5) is 5.13 Å². The van der Waals surface area contributed by atoms with Gasteiger partial charge in [-0.2, -0.15) is 0 Å². The summed E-state index contributed by atoms with van der Waals surface area (Å²) in [4.78, 5) is 21.8. The fourth-order valence-electron chi connectivity index (χ4n) is 3.85. The van der Waals surface area contributed by atoms with Gasteiger partial charge in [-0.1, -0.05) is 0 Å². The Kier molecular flexibility index (Phi) is 6.11. The molecule has 2 saturated heterocycles. The van der Waals surface area contributed by atoms with Crippen molar-refractivity contribution < 1.29 is 4.79 Å². The first-order valence-electron chi connectivity index (χ1n) is 9.28. The van der Waals surface area contributed by atoms with Crippen molar-refractivity contribution in [3.8, 4) is 0 Å². The Hall–Kier alpha value is -1.14. The fourth-order valence-corrected chi connectivity index (χ4v) is 4.71. The largest absolute Gasteiger partial charge is 0.348 e. The first kappa shape index (κ1) is 17.7. The van der Waals surface area contributed by atoms with Crippen LogP contribution < -0.4 is 10.2 Å². The molecule has 0 aromatic carbocycles. The molecular formula is C18H30N4OS. The maximum atomic E-state index is 12.8. The summed E-state index contributed by atoms with van der Waals surface area (Å²) in [5, 5.41) is 6.45. The maximum Gasteiger partial charge on any atom is 0.225 e. The second kappa shape index (κ2) is 8.30. The van der Waals surface area contributed by atoms with Crippen molar-refractivity contribution in [2.24, 2.45) is 11.8 Å². The number of anilines is 1. The molecule has 2 aliphatic rings. The molecule has 2 fully saturated rings. The summed E-state index contributed by atoms with van der Waals surface area (Å²) in [6, 6.07) is 0. The Morgan fingerprint density at radius 3 is 2.54 bits per heavy atom. The Morgan fingerprint density at radius 2 is 1.96 bits per heavy atom. The van der Waals surface area contributed by atoms with Crippen molar-refractivity contribution in [2.45, 2.75) is 39.0 Å². The van der Waals surface area contributed by atoms with Crippen molar-refractivity contribution in [1.29, 1.82) is 0 Å². The van der Waals surface area contributed by atoms with E-state index in [9.17, 15) is 4.79 Å². The number of aryl methyl sites for hydroxylation is 1. The van der Waals surface area contributed by atoms with E-state index >= 15 is 0 Å². The average molecular weight is 351 g/mol. The third-order valence-corrected chi connectivity index (χ3v) is 6.47. The predicted octanol–water partition coefficient (Wildman–Crippen LogP) is 2.52. The number of amides is 1. The Morgan fingerprint density at radius 1 is 1.25 bits per heavy atom. The normalized spacial score (nSPS) is 20.6. The molecule has 1 aromatic rings. The lowest BCUT2D eigenvalue weighted by Crippen LogP contribution is -2.45. The van der Waals surface area contributed by atoms with Gasteiger partial charge in [0, 0.05) is 37.5 Å². The quantitative estimate of drug-likeness (QED) is 0.886. The SMILES string of the molecule is CNCCC1CCN(C(=O)C2CCN(c3nc(C)cs3)CC2)CC1. The lowest BCUT2D eigenvalue weighted by molar-refractivity contribution is -0.137. The van der Waals surface area contributed by atoms with Crippen LogP contribution in [0.15, 0.2) is 5.38 Å². The molecule has 3 heterocycles. The van der Waals surface area contributed by atoms with E-state index in [1.54, 1.807) is 11.3 Å². The molecule has 134 valence electrons. The van der Waals surface area contributed by atoms with E-state index in [0.29, 0.717) is 5.91 Å². The van der Waals surface area contributed by atoms with Gasteiger partial charge in [-0.3, -0.25) is 4.79 Å². The number of likely N-dealkylation sites (tertiary alicyclic amines) is 1. The van der Waals surface area contributed by atoms with E-state index in [1.165, 1.54) is 19.3 Å².